The molecule has 0 spiro atoms. The molecule has 2 rings (SSSR count). The Hall–Kier alpha value is 0. The highest BCUT2D eigenvalue weighted by molar-refractivity contribution is 4.85. The summed E-state index contributed by atoms with van der Waals surface area (Å²) in [5, 5.41) is 0. The van der Waals surface area contributed by atoms with Crippen LogP contribution < -0.4 is 0 Å². The van der Waals surface area contributed by atoms with E-state index < -0.39 is 0 Å². The Bertz CT molecular complexity index is 96.6. The molecule has 0 aromatic carbocycles. The lowest BCUT2D eigenvalue weighted by atomic mass is 9.63. The zero-order chi connectivity index (χ0) is 6.27. The van der Waals surface area contributed by atoms with E-state index in [4.69, 9.17) is 0 Å². The van der Waals surface area contributed by atoms with E-state index in [1.807, 2.05) is 0 Å². The van der Waals surface area contributed by atoms with Gasteiger partial charge in [0.15, 0.2) is 0 Å². The molecule has 0 heteroatoms. The van der Waals surface area contributed by atoms with Gasteiger partial charge in [0.2, 0.25) is 0 Å². The normalized spacial score (nSPS) is 43.7. The third-order valence-corrected chi connectivity index (χ3v) is 3.23. The van der Waals surface area contributed by atoms with Crippen LogP contribution in [0.3, 0.4) is 0 Å². The summed E-state index contributed by atoms with van der Waals surface area (Å²) in [5.41, 5.74) is 0. The van der Waals surface area contributed by atoms with Gasteiger partial charge in [0, 0.05) is 0 Å². The maximum atomic E-state index is 2.38. The molecular weight excluding hydrogens is 108 g/mol. The van der Waals surface area contributed by atoms with E-state index in [-0.39, 0.29) is 0 Å². The van der Waals surface area contributed by atoms with E-state index in [9.17, 15) is 0 Å². The van der Waals surface area contributed by atoms with Crippen LogP contribution in [0, 0.1) is 17.8 Å². The summed E-state index contributed by atoms with van der Waals surface area (Å²) < 4.78 is 0. The molecule has 9 heavy (non-hydrogen) atoms. The molecule has 0 radical (unpaired) electrons. The number of rotatable bonds is 1. The highest BCUT2D eigenvalue weighted by Gasteiger charge is 2.34. The lowest BCUT2D eigenvalue weighted by molar-refractivity contribution is 0.0833. The molecule has 52 valence electrons. The van der Waals surface area contributed by atoms with Gasteiger partial charge in [-0.2, -0.15) is 0 Å². The third kappa shape index (κ3) is 0.889. The van der Waals surface area contributed by atoms with Gasteiger partial charge in [0.1, 0.15) is 0 Å². The molecule has 2 fully saturated rings. The van der Waals surface area contributed by atoms with Crippen molar-refractivity contribution >= 4 is 0 Å². The lowest BCUT2D eigenvalue weighted by Gasteiger charge is -2.43. The molecule has 0 saturated heterocycles. The Kier molecular flexibility index (Phi) is 1.28. The fourth-order valence-electron chi connectivity index (χ4n) is 2.26. The van der Waals surface area contributed by atoms with Crippen molar-refractivity contribution < 1.29 is 0 Å². The maximum Gasteiger partial charge on any atom is -0.0381 e. The van der Waals surface area contributed by atoms with Crippen LogP contribution in [0.25, 0.3) is 0 Å². The first-order chi connectivity index (χ1) is 4.36. The Morgan fingerprint density at radius 2 is 1.67 bits per heavy atom. The van der Waals surface area contributed by atoms with Crippen LogP contribution in [-0.2, 0) is 0 Å². The van der Waals surface area contributed by atoms with Crippen molar-refractivity contribution in [2.75, 3.05) is 0 Å². The van der Waals surface area contributed by atoms with E-state index in [2.05, 4.69) is 6.92 Å². The van der Waals surface area contributed by atoms with Gasteiger partial charge in [0.05, 0.1) is 0 Å². The van der Waals surface area contributed by atoms with Crippen molar-refractivity contribution in [3.63, 3.8) is 0 Å². The van der Waals surface area contributed by atoms with Crippen LogP contribution in [0.15, 0.2) is 0 Å². The fourth-order valence-corrected chi connectivity index (χ4v) is 2.26. The molecule has 0 bridgehead atoms. The number of hydrogen-bond donors (Lipinski definition) is 0. The third-order valence-electron chi connectivity index (χ3n) is 3.23. The first kappa shape index (κ1) is 5.76. The molecule has 0 aromatic heterocycles. The molecule has 2 aliphatic carbocycles. The summed E-state index contributed by atoms with van der Waals surface area (Å²) in [4.78, 5) is 0. The topological polar surface area (TPSA) is 0 Å². The van der Waals surface area contributed by atoms with E-state index in [1.165, 1.54) is 12.3 Å². The van der Waals surface area contributed by atoms with Crippen molar-refractivity contribution in [2.24, 2.45) is 17.8 Å². The van der Waals surface area contributed by atoms with Crippen LogP contribution in [0.5, 0.6) is 0 Å². The average molecular weight is 124 g/mol. The molecule has 0 unspecified atom stereocenters. The summed E-state index contributed by atoms with van der Waals surface area (Å²) in [6.07, 6.45) is 7.72. The van der Waals surface area contributed by atoms with E-state index in [1.54, 1.807) is 25.7 Å². The molecule has 0 N–H and O–H groups in total. The lowest BCUT2D eigenvalue weighted by Crippen LogP contribution is -2.32. The molecule has 0 amide bonds. The van der Waals surface area contributed by atoms with E-state index in [0.29, 0.717) is 0 Å². The highest BCUT2D eigenvalue weighted by atomic mass is 14.4. The summed E-state index contributed by atoms with van der Waals surface area (Å²) >= 11 is 0. The summed E-state index contributed by atoms with van der Waals surface area (Å²) in [7, 11) is 0. The van der Waals surface area contributed by atoms with Gasteiger partial charge in [-0.1, -0.05) is 26.2 Å². The zero-order valence-corrected chi connectivity index (χ0v) is 6.27. The van der Waals surface area contributed by atoms with Crippen LogP contribution in [0.1, 0.15) is 39.0 Å². The average Bonchev–Trinajstić information content (AvgIpc) is 1.57. The van der Waals surface area contributed by atoms with Crippen LogP contribution >= 0.6 is 0 Å². The van der Waals surface area contributed by atoms with Crippen LogP contribution in [0.2, 0.25) is 0 Å². The largest absolute Gasteiger partial charge is 0.0625 e. The predicted molar refractivity (Wildman–Crippen MR) is 39.2 cm³/mol. The van der Waals surface area contributed by atoms with Gasteiger partial charge in [-0.25, -0.2) is 0 Å². The minimum Gasteiger partial charge on any atom is -0.0625 e. The van der Waals surface area contributed by atoms with Gasteiger partial charge < -0.3 is 0 Å². The van der Waals surface area contributed by atoms with Crippen LogP contribution in [0.4, 0.5) is 0 Å². The van der Waals surface area contributed by atoms with Crippen LogP contribution in [-0.4, -0.2) is 0 Å². The quantitative estimate of drug-likeness (QED) is 0.504. The fraction of sp³-hybridized carbons (Fsp3) is 1.00. The minimum absolute atomic E-state index is 1.07. The molecule has 0 atom stereocenters. The van der Waals surface area contributed by atoms with Crippen molar-refractivity contribution in [3.05, 3.63) is 0 Å². The van der Waals surface area contributed by atoms with Crippen molar-refractivity contribution in [1.29, 1.82) is 0 Å². The van der Waals surface area contributed by atoms with E-state index >= 15 is 0 Å². The smallest absolute Gasteiger partial charge is 0.0381 e. The second-order valence-electron chi connectivity index (χ2n) is 4.03. The zero-order valence-electron chi connectivity index (χ0n) is 6.27. The molecule has 0 heterocycles. The Balaban J connectivity index is 1.75. The molecule has 0 aliphatic heterocycles. The predicted octanol–water partition coefficient (Wildman–Crippen LogP) is 2.83. The Morgan fingerprint density at radius 3 is 2.00 bits per heavy atom. The van der Waals surface area contributed by atoms with Crippen molar-refractivity contribution in [1.82, 2.24) is 0 Å². The van der Waals surface area contributed by atoms with Gasteiger partial charge in [0.25, 0.3) is 0 Å². The second kappa shape index (κ2) is 2.00. The Morgan fingerprint density at radius 1 is 1.00 bits per heavy atom. The highest BCUT2D eigenvalue weighted by Crippen LogP contribution is 2.46. The standard InChI is InChI=1S/C9H16/c1-7-5-9(6-7)8-3-2-4-8/h7-9H,2-6H2,1H3. The van der Waals surface area contributed by atoms with Crippen molar-refractivity contribution in [2.45, 2.75) is 39.0 Å². The SMILES string of the molecule is CC1CC(C2CCC2)C1. The van der Waals surface area contributed by atoms with Gasteiger partial charge in [-0.3, -0.25) is 0 Å². The molecular formula is C9H16. The molecule has 2 aliphatic rings. The van der Waals surface area contributed by atoms with Crippen molar-refractivity contribution in [3.8, 4) is 0 Å². The Labute approximate surface area is 57.6 Å². The first-order valence-electron chi connectivity index (χ1n) is 4.36. The molecule has 0 aromatic rings. The summed E-state index contributed by atoms with van der Waals surface area (Å²) in [6.45, 7) is 2.38. The van der Waals surface area contributed by atoms with E-state index in [0.717, 1.165) is 11.8 Å². The molecule has 0 nitrogen and oxygen atoms in total. The number of hydrogen-bond acceptors (Lipinski definition) is 0. The van der Waals surface area contributed by atoms with Gasteiger partial charge in [-0.15, -0.1) is 0 Å². The second-order valence-corrected chi connectivity index (χ2v) is 4.03. The maximum absolute atomic E-state index is 2.38. The monoisotopic (exact) mass is 124 g/mol. The molecule has 2 saturated carbocycles. The first-order valence-corrected chi connectivity index (χ1v) is 4.36. The minimum atomic E-state index is 1.07. The van der Waals surface area contributed by atoms with Gasteiger partial charge in [-0.05, 0) is 30.6 Å². The summed E-state index contributed by atoms with van der Waals surface area (Å²) in [5.74, 6) is 3.39. The van der Waals surface area contributed by atoms with Gasteiger partial charge >= 0.3 is 0 Å². The summed E-state index contributed by atoms with van der Waals surface area (Å²) in [6, 6.07) is 0.